The van der Waals surface area contributed by atoms with Crippen molar-refractivity contribution in [3.63, 3.8) is 0 Å². The Morgan fingerprint density at radius 1 is 0.971 bits per heavy atom. The second-order valence-corrected chi connectivity index (χ2v) is 7.94. The van der Waals surface area contributed by atoms with Crippen molar-refractivity contribution >= 4 is 22.9 Å². The van der Waals surface area contributed by atoms with Crippen molar-refractivity contribution in [3.05, 3.63) is 66.5 Å². The molecule has 10 heteroatoms. The van der Waals surface area contributed by atoms with Gasteiger partial charge in [0.25, 0.3) is 5.91 Å². The van der Waals surface area contributed by atoms with Crippen LogP contribution in [0.4, 0.5) is 5.82 Å². The van der Waals surface area contributed by atoms with E-state index in [1.807, 2.05) is 42.5 Å². The van der Waals surface area contributed by atoms with E-state index < -0.39 is 0 Å². The quantitative estimate of drug-likeness (QED) is 0.414. The summed E-state index contributed by atoms with van der Waals surface area (Å²) in [6, 6.07) is 17.3. The number of carbonyl (C=O) groups excluding carboxylic acids is 1. The molecule has 1 aliphatic rings. The van der Waals surface area contributed by atoms with Crippen molar-refractivity contribution in [2.24, 2.45) is 0 Å². The van der Waals surface area contributed by atoms with E-state index in [9.17, 15) is 4.79 Å². The third kappa shape index (κ3) is 4.61. The van der Waals surface area contributed by atoms with Gasteiger partial charge in [-0.2, -0.15) is 0 Å². The Morgan fingerprint density at radius 2 is 1.76 bits per heavy atom. The van der Waals surface area contributed by atoms with Crippen LogP contribution in [0.1, 0.15) is 5.56 Å². The molecule has 4 aromatic rings. The number of aromatic nitrogens is 5. The zero-order valence-corrected chi connectivity index (χ0v) is 18.9. The molecule has 0 saturated carbocycles. The Morgan fingerprint density at radius 3 is 2.56 bits per heavy atom. The number of fused-ring (bicyclic) bond motifs is 1. The van der Waals surface area contributed by atoms with Crippen LogP contribution in [-0.4, -0.2) is 75.7 Å². The molecule has 0 bridgehead atoms. The minimum atomic E-state index is -0.0517. The second kappa shape index (κ2) is 9.74. The second-order valence-electron chi connectivity index (χ2n) is 7.94. The van der Waals surface area contributed by atoms with Gasteiger partial charge in [0.1, 0.15) is 17.8 Å². The Labute approximate surface area is 196 Å². The van der Waals surface area contributed by atoms with E-state index in [0.29, 0.717) is 55.4 Å². The number of piperazine rings is 1. The van der Waals surface area contributed by atoms with Gasteiger partial charge < -0.3 is 19.3 Å². The van der Waals surface area contributed by atoms with E-state index in [0.717, 1.165) is 11.4 Å². The average molecular weight is 460 g/mol. The van der Waals surface area contributed by atoms with Gasteiger partial charge in [0.15, 0.2) is 23.6 Å². The number of anilines is 1. The largest absolute Gasteiger partial charge is 0.497 e. The van der Waals surface area contributed by atoms with Crippen molar-refractivity contribution < 1.29 is 14.3 Å². The van der Waals surface area contributed by atoms with Gasteiger partial charge in [-0.25, -0.2) is 14.6 Å². The first kappa shape index (κ1) is 21.6. The van der Waals surface area contributed by atoms with Crippen LogP contribution < -0.4 is 14.4 Å². The number of carbonyl (C=O) groups is 1. The zero-order valence-electron chi connectivity index (χ0n) is 18.9. The van der Waals surface area contributed by atoms with E-state index in [1.54, 1.807) is 35.2 Å². The highest BCUT2D eigenvalue weighted by atomic mass is 16.5. The Hall–Kier alpha value is -4.21. The lowest BCUT2D eigenvalue weighted by Crippen LogP contribution is -2.50. The van der Waals surface area contributed by atoms with E-state index in [2.05, 4.69) is 25.2 Å². The number of hydrogen-bond donors (Lipinski definition) is 0. The molecule has 10 nitrogen and oxygen atoms in total. The maximum absolute atomic E-state index is 12.7. The molecular formula is C24H25N7O3. The van der Waals surface area contributed by atoms with Crippen LogP contribution in [0, 0.1) is 0 Å². The minimum absolute atomic E-state index is 0.0151. The molecule has 3 heterocycles. The molecule has 0 spiro atoms. The van der Waals surface area contributed by atoms with Gasteiger partial charge in [-0.05, 0) is 17.7 Å². The summed E-state index contributed by atoms with van der Waals surface area (Å²) in [5.74, 6) is 1.98. The zero-order chi connectivity index (χ0) is 23.3. The van der Waals surface area contributed by atoms with Crippen molar-refractivity contribution in [3.8, 4) is 11.5 Å². The van der Waals surface area contributed by atoms with Gasteiger partial charge in [-0.1, -0.05) is 41.6 Å². The molecule has 0 radical (unpaired) electrons. The molecule has 1 aliphatic heterocycles. The lowest BCUT2D eigenvalue weighted by molar-refractivity contribution is -0.133. The molecule has 5 rings (SSSR count). The van der Waals surface area contributed by atoms with Crippen LogP contribution in [0.15, 0.2) is 60.9 Å². The molecule has 34 heavy (non-hydrogen) atoms. The normalized spacial score (nSPS) is 13.8. The molecule has 1 fully saturated rings. The van der Waals surface area contributed by atoms with Gasteiger partial charge in [0.2, 0.25) is 0 Å². The summed E-state index contributed by atoms with van der Waals surface area (Å²) < 4.78 is 12.6. The summed E-state index contributed by atoms with van der Waals surface area (Å²) in [5.41, 5.74) is 2.48. The van der Waals surface area contributed by atoms with Crippen molar-refractivity contribution in [1.82, 2.24) is 29.9 Å². The van der Waals surface area contributed by atoms with Crippen molar-refractivity contribution in [2.75, 3.05) is 44.8 Å². The average Bonchev–Trinajstić information content (AvgIpc) is 3.31. The number of ether oxygens (including phenoxy) is 2. The number of benzene rings is 2. The Balaban J connectivity index is 1.21. The number of methoxy groups -OCH3 is 1. The van der Waals surface area contributed by atoms with Crippen LogP contribution in [0.25, 0.3) is 11.2 Å². The first-order valence-electron chi connectivity index (χ1n) is 11.1. The predicted octanol–water partition coefficient (Wildman–Crippen LogP) is 2.01. The Kier molecular flexibility index (Phi) is 6.19. The lowest BCUT2D eigenvalue weighted by atomic mass is 10.2. The molecular weight excluding hydrogens is 434 g/mol. The third-order valence-corrected chi connectivity index (χ3v) is 5.79. The van der Waals surface area contributed by atoms with Gasteiger partial charge in [-0.15, -0.1) is 5.10 Å². The lowest BCUT2D eigenvalue weighted by Gasteiger charge is -2.35. The summed E-state index contributed by atoms with van der Waals surface area (Å²) in [5, 5.41) is 8.66. The van der Waals surface area contributed by atoms with Gasteiger partial charge >= 0.3 is 0 Å². The molecule has 2 aromatic heterocycles. The number of rotatable bonds is 7. The van der Waals surface area contributed by atoms with Gasteiger partial charge in [0, 0.05) is 32.2 Å². The molecule has 174 valence electrons. The Bertz CT molecular complexity index is 1270. The molecule has 0 aliphatic carbocycles. The number of hydrogen-bond acceptors (Lipinski definition) is 8. The SMILES string of the molecule is COc1cccc(OCC(=O)N2CCN(c3ncnc4c3nnn4Cc3ccccc3)CC2)c1. The van der Waals surface area contributed by atoms with Crippen LogP contribution >= 0.6 is 0 Å². The smallest absolute Gasteiger partial charge is 0.260 e. The summed E-state index contributed by atoms with van der Waals surface area (Å²) in [4.78, 5) is 25.5. The van der Waals surface area contributed by atoms with E-state index in [1.165, 1.54) is 0 Å². The third-order valence-electron chi connectivity index (χ3n) is 5.79. The topological polar surface area (TPSA) is 98.5 Å². The fourth-order valence-corrected chi connectivity index (χ4v) is 3.97. The first-order valence-corrected chi connectivity index (χ1v) is 11.1. The highest BCUT2D eigenvalue weighted by molar-refractivity contribution is 5.83. The van der Waals surface area contributed by atoms with Crippen LogP contribution in [-0.2, 0) is 11.3 Å². The highest BCUT2D eigenvalue weighted by Gasteiger charge is 2.25. The van der Waals surface area contributed by atoms with Crippen LogP contribution in [0.3, 0.4) is 0 Å². The van der Waals surface area contributed by atoms with Gasteiger partial charge in [-0.3, -0.25) is 4.79 Å². The summed E-state index contributed by atoms with van der Waals surface area (Å²) in [6.45, 7) is 3.00. The van der Waals surface area contributed by atoms with Crippen molar-refractivity contribution in [1.29, 1.82) is 0 Å². The molecule has 0 atom stereocenters. The first-order chi connectivity index (χ1) is 16.7. The van der Waals surface area contributed by atoms with Crippen LogP contribution in [0.2, 0.25) is 0 Å². The highest BCUT2D eigenvalue weighted by Crippen LogP contribution is 2.23. The van der Waals surface area contributed by atoms with Gasteiger partial charge in [0.05, 0.1) is 13.7 Å². The predicted molar refractivity (Wildman–Crippen MR) is 126 cm³/mol. The van der Waals surface area contributed by atoms with Crippen molar-refractivity contribution in [2.45, 2.75) is 6.54 Å². The monoisotopic (exact) mass is 459 g/mol. The minimum Gasteiger partial charge on any atom is -0.497 e. The molecule has 1 saturated heterocycles. The van der Waals surface area contributed by atoms with E-state index in [4.69, 9.17) is 9.47 Å². The molecule has 0 N–H and O–H groups in total. The fraction of sp³-hybridized carbons (Fsp3) is 0.292. The molecule has 2 aromatic carbocycles. The van der Waals surface area contributed by atoms with Crippen LogP contribution in [0.5, 0.6) is 11.5 Å². The molecule has 0 unspecified atom stereocenters. The fourth-order valence-electron chi connectivity index (χ4n) is 3.97. The van der Waals surface area contributed by atoms with E-state index >= 15 is 0 Å². The molecule has 1 amide bonds. The van der Waals surface area contributed by atoms with E-state index in [-0.39, 0.29) is 12.5 Å². The standard InChI is InChI=1S/C24H25N7O3/c1-33-19-8-5-9-20(14-19)34-16-21(32)29-10-12-30(13-11-29)23-22-24(26-17-25-23)31(28-27-22)15-18-6-3-2-4-7-18/h2-9,14,17H,10-13,15-16H2,1H3. The number of nitrogens with zero attached hydrogens (tertiary/aromatic N) is 7. The maximum Gasteiger partial charge on any atom is 0.260 e. The summed E-state index contributed by atoms with van der Waals surface area (Å²) in [7, 11) is 1.60. The summed E-state index contributed by atoms with van der Waals surface area (Å²) >= 11 is 0. The number of amides is 1. The summed E-state index contributed by atoms with van der Waals surface area (Å²) in [6.07, 6.45) is 1.54. The maximum atomic E-state index is 12.7.